The van der Waals surface area contributed by atoms with Gasteiger partial charge in [-0.05, 0) is 19.1 Å². The standard InChI is InChI=1S/C10H14N2OS/c1-7-2-4-8(5-3-7)12-10(13)9(11)6-14/h2-5,9,14H,6,11H2,1H3,(H,12,13). The van der Waals surface area contributed by atoms with E-state index in [1.54, 1.807) is 0 Å². The van der Waals surface area contributed by atoms with Crippen LogP contribution in [0.3, 0.4) is 0 Å². The first-order chi connectivity index (χ1) is 6.63. The lowest BCUT2D eigenvalue weighted by atomic mass is 10.2. The SMILES string of the molecule is Cc1ccc(NC(=O)C(N)CS)cc1. The number of carbonyl (C=O) groups is 1. The average molecular weight is 210 g/mol. The fourth-order valence-corrected chi connectivity index (χ4v) is 1.12. The maximum atomic E-state index is 11.3. The quantitative estimate of drug-likeness (QED) is 0.656. The largest absolute Gasteiger partial charge is 0.325 e. The van der Waals surface area contributed by atoms with Crippen molar-refractivity contribution in [2.24, 2.45) is 5.73 Å². The second-order valence-corrected chi connectivity index (χ2v) is 3.51. The van der Waals surface area contributed by atoms with Gasteiger partial charge in [-0.1, -0.05) is 17.7 Å². The normalized spacial score (nSPS) is 12.2. The minimum Gasteiger partial charge on any atom is -0.325 e. The first kappa shape index (κ1) is 11.1. The summed E-state index contributed by atoms with van der Waals surface area (Å²) in [6.07, 6.45) is 0. The summed E-state index contributed by atoms with van der Waals surface area (Å²) in [7, 11) is 0. The van der Waals surface area contributed by atoms with Crippen LogP contribution in [-0.4, -0.2) is 17.7 Å². The summed E-state index contributed by atoms with van der Waals surface area (Å²) in [5, 5.41) is 2.71. The number of hydrogen-bond donors (Lipinski definition) is 3. The van der Waals surface area contributed by atoms with Gasteiger partial charge in [0.25, 0.3) is 0 Å². The van der Waals surface area contributed by atoms with E-state index in [1.165, 1.54) is 0 Å². The predicted molar refractivity (Wildman–Crippen MR) is 61.6 cm³/mol. The van der Waals surface area contributed by atoms with Gasteiger partial charge in [0.2, 0.25) is 5.91 Å². The maximum absolute atomic E-state index is 11.3. The van der Waals surface area contributed by atoms with E-state index in [1.807, 2.05) is 31.2 Å². The van der Waals surface area contributed by atoms with Crippen LogP contribution in [0.4, 0.5) is 5.69 Å². The monoisotopic (exact) mass is 210 g/mol. The average Bonchev–Trinajstić information content (AvgIpc) is 2.20. The minimum absolute atomic E-state index is 0.205. The van der Waals surface area contributed by atoms with Gasteiger partial charge in [0.05, 0.1) is 6.04 Å². The Labute approximate surface area is 89.1 Å². The molecule has 0 bridgehead atoms. The maximum Gasteiger partial charge on any atom is 0.242 e. The molecule has 76 valence electrons. The number of nitrogens with two attached hydrogens (primary N) is 1. The first-order valence-corrected chi connectivity index (χ1v) is 5.00. The van der Waals surface area contributed by atoms with Crippen LogP contribution in [0.1, 0.15) is 5.56 Å². The van der Waals surface area contributed by atoms with Crippen molar-refractivity contribution in [1.29, 1.82) is 0 Å². The van der Waals surface area contributed by atoms with Gasteiger partial charge in [0.1, 0.15) is 0 Å². The van der Waals surface area contributed by atoms with Gasteiger partial charge in [-0.15, -0.1) is 0 Å². The zero-order valence-electron chi connectivity index (χ0n) is 8.03. The number of carbonyl (C=O) groups excluding carboxylic acids is 1. The van der Waals surface area contributed by atoms with Crippen molar-refractivity contribution in [2.75, 3.05) is 11.1 Å². The van der Waals surface area contributed by atoms with Crippen LogP contribution in [0.5, 0.6) is 0 Å². The molecule has 4 heteroatoms. The highest BCUT2D eigenvalue weighted by Crippen LogP contribution is 2.08. The van der Waals surface area contributed by atoms with Crippen molar-refractivity contribution in [2.45, 2.75) is 13.0 Å². The molecule has 0 spiro atoms. The van der Waals surface area contributed by atoms with Crippen LogP contribution in [0, 0.1) is 6.92 Å². The molecule has 0 radical (unpaired) electrons. The third-order valence-electron chi connectivity index (χ3n) is 1.85. The summed E-state index contributed by atoms with van der Waals surface area (Å²) in [5.74, 6) is 0.140. The first-order valence-electron chi connectivity index (χ1n) is 4.37. The van der Waals surface area contributed by atoms with Gasteiger partial charge in [0.15, 0.2) is 0 Å². The summed E-state index contributed by atoms with van der Waals surface area (Å²) < 4.78 is 0. The number of nitrogens with one attached hydrogen (secondary N) is 1. The van der Waals surface area contributed by atoms with Crippen molar-refractivity contribution in [3.05, 3.63) is 29.8 Å². The van der Waals surface area contributed by atoms with Crippen LogP contribution in [0.25, 0.3) is 0 Å². The molecule has 3 nitrogen and oxygen atoms in total. The van der Waals surface area contributed by atoms with Crippen LogP contribution in [-0.2, 0) is 4.79 Å². The second kappa shape index (κ2) is 5.02. The predicted octanol–water partition coefficient (Wildman–Crippen LogP) is 1.19. The summed E-state index contributed by atoms with van der Waals surface area (Å²) in [4.78, 5) is 11.3. The third kappa shape index (κ3) is 3.05. The second-order valence-electron chi connectivity index (χ2n) is 3.14. The number of thiol groups is 1. The number of amides is 1. The van der Waals surface area contributed by atoms with Crippen LogP contribution >= 0.6 is 12.6 Å². The van der Waals surface area contributed by atoms with Crippen LogP contribution in [0.2, 0.25) is 0 Å². The Morgan fingerprint density at radius 3 is 2.57 bits per heavy atom. The van der Waals surface area contributed by atoms with Crippen molar-refractivity contribution < 1.29 is 4.79 Å². The molecule has 0 heterocycles. The van der Waals surface area contributed by atoms with E-state index in [0.29, 0.717) is 5.75 Å². The highest BCUT2D eigenvalue weighted by atomic mass is 32.1. The lowest BCUT2D eigenvalue weighted by molar-refractivity contribution is -0.116. The molecule has 1 atom stereocenters. The van der Waals surface area contributed by atoms with Crippen LogP contribution in [0.15, 0.2) is 24.3 Å². The van der Waals surface area contributed by atoms with E-state index in [0.717, 1.165) is 11.3 Å². The lowest BCUT2D eigenvalue weighted by Crippen LogP contribution is -2.37. The summed E-state index contributed by atoms with van der Waals surface area (Å²) in [6.45, 7) is 1.99. The highest BCUT2D eigenvalue weighted by molar-refractivity contribution is 7.80. The molecule has 14 heavy (non-hydrogen) atoms. The van der Waals surface area contributed by atoms with E-state index in [-0.39, 0.29) is 5.91 Å². The van der Waals surface area contributed by atoms with Crippen LogP contribution < -0.4 is 11.1 Å². The molecule has 1 unspecified atom stereocenters. The van der Waals surface area contributed by atoms with E-state index in [2.05, 4.69) is 17.9 Å². The third-order valence-corrected chi connectivity index (χ3v) is 2.25. The topological polar surface area (TPSA) is 55.1 Å². The van der Waals surface area contributed by atoms with E-state index in [4.69, 9.17) is 5.73 Å². The molecule has 1 amide bonds. The number of rotatable bonds is 3. The van der Waals surface area contributed by atoms with Gasteiger partial charge in [0, 0.05) is 11.4 Å². The highest BCUT2D eigenvalue weighted by Gasteiger charge is 2.10. The fourth-order valence-electron chi connectivity index (χ4n) is 0.955. The van der Waals surface area contributed by atoms with Gasteiger partial charge < -0.3 is 11.1 Å². The van der Waals surface area contributed by atoms with Gasteiger partial charge in [-0.25, -0.2) is 0 Å². The Hall–Kier alpha value is -1.00. The molecule has 0 aliphatic heterocycles. The van der Waals surface area contributed by atoms with Crippen molar-refractivity contribution in [3.63, 3.8) is 0 Å². The Morgan fingerprint density at radius 1 is 1.50 bits per heavy atom. The molecule has 0 fully saturated rings. The summed E-state index contributed by atoms with van der Waals surface area (Å²) >= 11 is 3.95. The van der Waals surface area contributed by atoms with Crippen molar-refractivity contribution in [3.8, 4) is 0 Å². The Morgan fingerprint density at radius 2 is 2.07 bits per heavy atom. The Bertz CT molecular complexity index is 310. The zero-order valence-corrected chi connectivity index (χ0v) is 8.92. The number of anilines is 1. The number of hydrogen-bond acceptors (Lipinski definition) is 3. The fraction of sp³-hybridized carbons (Fsp3) is 0.300. The molecule has 0 aliphatic carbocycles. The molecule has 0 saturated heterocycles. The van der Waals surface area contributed by atoms with Gasteiger partial charge in [-0.3, -0.25) is 4.79 Å². The molecule has 0 aliphatic rings. The summed E-state index contributed by atoms with van der Waals surface area (Å²) in [5.41, 5.74) is 7.42. The lowest BCUT2D eigenvalue weighted by Gasteiger charge is -2.09. The number of benzene rings is 1. The zero-order chi connectivity index (χ0) is 10.6. The van der Waals surface area contributed by atoms with Crippen molar-refractivity contribution >= 4 is 24.2 Å². The van der Waals surface area contributed by atoms with E-state index >= 15 is 0 Å². The van der Waals surface area contributed by atoms with Crippen molar-refractivity contribution in [1.82, 2.24) is 0 Å². The minimum atomic E-state index is -0.556. The smallest absolute Gasteiger partial charge is 0.242 e. The molecular weight excluding hydrogens is 196 g/mol. The molecule has 0 saturated carbocycles. The van der Waals surface area contributed by atoms with Gasteiger partial charge >= 0.3 is 0 Å². The molecule has 1 rings (SSSR count). The summed E-state index contributed by atoms with van der Waals surface area (Å²) in [6, 6.07) is 7.00. The molecule has 1 aromatic rings. The van der Waals surface area contributed by atoms with E-state index < -0.39 is 6.04 Å². The van der Waals surface area contributed by atoms with E-state index in [9.17, 15) is 4.79 Å². The molecule has 1 aromatic carbocycles. The number of aryl methyl sites for hydroxylation is 1. The molecular formula is C10H14N2OS. The van der Waals surface area contributed by atoms with Gasteiger partial charge in [-0.2, -0.15) is 12.6 Å². The molecule has 3 N–H and O–H groups in total. The Balaban J connectivity index is 2.60. The Kier molecular flexibility index (Phi) is 3.98. The molecule has 0 aromatic heterocycles.